The highest BCUT2D eigenvalue weighted by molar-refractivity contribution is 14.0. The summed E-state index contributed by atoms with van der Waals surface area (Å²) in [6.45, 7) is 11.7. The first kappa shape index (κ1) is 21.3. The Bertz CT molecular complexity index is 553. The van der Waals surface area contributed by atoms with E-state index in [1.54, 1.807) is 0 Å². The minimum absolute atomic E-state index is 0. The molecule has 6 heteroatoms. The van der Waals surface area contributed by atoms with E-state index < -0.39 is 0 Å². The fraction of sp³-hybridized carbons (Fsp3) is 0.650. The van der Waals surface area contributed by atoms with Crippen molar-refractivity contribution in [1.29, 1.82) is 0 Å². The molecule has 1 fully saturated rings. The van der Waals surface area contributed by atoms with Crippen LogP contribution in [0.15, 0.2) is 29.3 Å². The van der Waals surface area contributed by atoms with Crippen molar-refractivity contribution in [3.63, 3.8) is 0 Å². The van der Waals surface area contributed by atoms with Gasteiger partial charge in [0, 0.05) is 39.3 Å². The minimum atomic E-state index is 0. The topological polar surface area (TPSA) is 48.9 Å². The summed E-state index contributed by atoms with van der Waals surface area (Å²) in [5, 5.41) is 6.64. The van der Waals surface area contributed by atoms with Gasteiger partial charge in [-0.05, 0) is 42.4 Å². The molecule has 0 aliphatic carbocycles. The quantitative estimate of drug-likeness (QED) is 0.600. The van der Waals surface area contributed by atoms with Gasteiger partial charge >= 0.3 is 0 Å². The zero-order valence-electron chi connectivity index (χ0n) is 16.0. The maximum absolute atomic E-state index is 5.91. The number of hydrogen-bond acceptors (Lipinski definition) is 5. The normalized spacial score (nSPS) is 22.9. The smallest absolute Gasteiger partial charge is 0.191 e. The lowest BCUT2D eigenvalue weighted by Crippen LogP contribution is -2.41. The van der Waals surface area contributed by atoms with Crippen molar-refractivity contribution in [2.75, 3.05) is 45.9 Å². The van der Waals surface area contributed by atoms with E-state index in [1.807, 2.05) is 0 Å². The van der Waals surface area contributed by atoms with Crippen LogP contribution < -0.4 is 15.4 Å². The second-order valence-corrected chi connectivity index (χ2v) is 7.39. The van der Waals surface area contributed by atoms with Crippen LogP contribution in [-0.4, -0.2) is 56.7 Å². The summed E-state index contributed by atoms with van der Waals surface area (Å²) in [5.41, 5.74) is 1.32. The molecule has 2 heterocycles. The largest absolute Gasteiger partial charge is 0.492 e. The first-order chi connectivity index (χ1) is 12.2. The summed E-state index contributed by atoms with van der Waals surface area (Å²) in [7, 11) is 0. The molecular formula is C20H33IN4O. The Balaban J connectivity index is 0.00000243. The van der Waals surface area contributed by atoms with Crippen LogP contribution in [0.1, 0.15) is 25.8 Å². The molecule has 0 bridgehead atoms. The van der Waals surface area contributed by atoms with Gasteiger partial charge in [-0.2, -0.15) is 0 Å². The van der Waals surface area contributed by atoms with E-state index in [0.717, 1.165) is 69.2 Å². The third-order valence-electron chi connectivity index (χ3n) is 5.27. The third kappa shape index (κ3) is 6.61. The molecule has 146 valence electrons. The molecule has 0 saturated carbocycles. The van der Waals surface area contributed by atoms with Crippen molar-refractivity contribution in [2.24, 2.45) is 16.8 Å². The number of benzene rings is 1. The SMILES string of the molecule is CC1CN(CCOc2ccc(CCNC3=NCCCN3)cc2)CC1C.I. The maximum atomic E-state index is 5.91. The Morgan fingerprint density at radius 1 is 1.19 bits per heavy atom. The molecule has 1 saturated heterocycles. The number of hydrogen-bond donors (Lipinski definition) is 2. The Hall–Kier alpha value is -1.02. The Labute approximate surface area is 175 Å². The molecule has 2 aliphatic rings. The van der Waals surface area contributed by atoms with Gasteiger partial charge in [-0.25, -0.2) is 0 Å². The van der Waals surface area contributed by atoms with Gasteiger partial charge in [0.05, 0.1) is 0 Å². The summed E-state index contributed by atoms with van der Waals surface area (Å²) < 4.78 is 5.91. The molecule has 0 spiro atoms. The second kappa shape index (κ2) is 11.0. The molecule has 26 heavy (non-hydrogen) atoms. The lowest BCUT2D eigenvalue weighted by atomic mass is 10.0. The molecule has 1 aromatic carbocycles. The number of ether oxygens (including phenoxy) is 1. The van der Waals surface area contributed by atoms with Crippen molar-refractivity contribution >= 4 is 29.9 Å². The van der Waals surface area contributed by atoms with Gasteiger partial charge in [-0.15, -0.1) is 24.0 Å². The Morgan fingerprint density at radius 3 is 2.58 bits per heavy atom. The summed E-state index contributed by atoms with van der Waals surface area (Å²) in [4.78, 5) is 6.93. The summed E-state index contributed by atoms with van der Waals surface area (Å²) >= 11 is 0. The van der Waals surface area contributed by atoms with Crippen LogP contribution in [0.2, 0.25) is 0 Å². The van der Waals surface area contributed by atoms with Crippen molar-refractivity contribution in [2.45, 2.75) is 26.7 Å². The van der Waals surface area contributed by atoms with E-state index in [0.29, 0.717) is 0 Å². The lowest BCUT2D eigenvalue weighted by molar-refractivity contribution is 0.232. The van der Waals surface area contributed by atoms with E-state index in [9.17, 15) is 0 Å². The van der Waals surface area contributed by atoms with Gasteiger partial charge in [0.15, 0.2) is 5.96 Å². The number of halogens is 1. The first-order valence-corrected chi connectivity index (χ1v) is 9.67. The highest BCUT2D eigenvalue weighted by atomic mass is 127. The monoisotopic (exact) mass is 472 g/mol. The fourth-order valence-corrected chi connectivity index (χ4v) is 3.45. The lowest BCUT2D eigenvalue weighted by Gasteiger charge is -2.16. The number of likely N-dealkylation sites (tertiary alicyclic amines) is 1. The first-order valence-electron chi connectivity index (χ1n) is 9.67. The van der Waals surface area contributed by atoms with E-state index in [1.165, 1.54) is 18.7 Å². The Morgan fingerprint density at radius 2 is 1.92 bits per heavy atom. The van der Waals surface area contributed by atoms with Gasteiger partial charge in [0.25, 0.3) is 0 Å². The van der Waals surface area contributed by atoms with Crippen molar-refractivity contribution < 1.29 is 4.74 Å². The molecule has 2 aliphatic heterocycles. The number of nitrogens with one attached hydrogen (secondary N) is 2. The van der Waals surface area contributed by atoms with Crippen LogP contribution in [0.5, 0.6) is 5.75 Å². The minimum Gasteiger partial charge on any atom is -0.492 e. The molecular weight excluding hydrogens is 439 g/mol. The van der Waals surface area contributed by atoms with E-state index in [4.69, 9.17) is 4.74 Å². The van der Waals surface area contributed by atoms with E-state index in [2.05, 4.69) is 58.6 Å². The van der Waals surface area contributed by atoms with Crippen LogP contribution in [0.25, 0.3) is 0 Å². The molecule has 2 unspecified atom stereocenters. The highest BCUT2D eigenvalue weighted by Gasteiger charge is 2.25. The van der Waals surface area contributed by atoms with Crippen molar-refractivity contribution in [1.82, 2.24) is 15.5 Å². The number of rotatable bonds is 7. The average molecular weight is 472 g/mol. The molecule has 3 rings (SSSR count). The van der Waals surface area contributed by atoms with Crippen LogP contribution in [0.4, 0.5) is 0 Å². The van der Waals surface area contributed by atoms with E-state index >= 15 is 0 Å². The number of nitrogens with zero attached hydrogens (tertiary/aromatic N) is 2. The van der Waals surface area contributed by atoms with Gasteiger partial charge in [-0.3, -0.25) is 9.89 Å². The molecule has 0 aromatic heterocycles. The molecule has 0 radical (unpaired) electrons. The van der Waals surface area contributed by atoms with Gasteiger partial charge in [0.2, 0.25) is 0 Å². The predicted octanol–water partition coefficient (Wildman–Crippen LogP) is 2.75. The average Bonchev–Trinajstić information content (AvgIpc) is 2.95. The third-order valence-corrected chi connectivity index (χ3v) is 5.27. The highest BCUT2D eigenvalue weighted by Crippen LogP contribution is 2.21. The zero-order chi connectivity index (χ0) is 17.5. The summed E-state index contributed by atoms with van der Waals surface area (Å²) in [6, 6.07) is 8.49. The van der Waals surface area contributed by atoms with Gasteiger partial charge in [-0.1, -0.05) is 26.0 Å². The summed E-state index contributed by atoms with van der Waals surface area (Å²) in [5.74, 6) is 3.53. The standard InChI is InChI=1S/C20H32N4O.HI/c1-16-14-24(15-17(16)2)12-13-25-19-6-4-18(5-7-19)8-11-23-20-21-9-3-10-22-20;/h4-7,16-17H,3,8-15H2,1-2H3,(H2,21,22,23);1H. The number of aliphatic imine (C=N–C) groups is 1. The molecule has 2 N–H and O–H groups in total. The van der Waals surface area contributed by atoms with Crippen LogP contribution >= 0.6 is 24.0 Å². The van der Waals surface area contributed by atoms with E-state index in [-0.39, 0.29) is 24.0 Å². The van der Waals surface area contributed by atoms with Gasteiger partial charge < -0.3 is 15.4 Å². The van der Waals surface area contributed by atoms with Crippen LogP contribution in [0.3, 0.4) is 0 Å². The van der Waals surface area contributed by atoms with Crippen LogP contribution in [-0.2, 0) is 6.42 Å². The second-order valence-electron chi connectivity index (χ2n) is 7.39. The molecule has 1 aromatic rings. The summed E-state index contributed by atoms with van der Waals surface area (Å²) in [6.07, 6.45) is 2.12. The molecule has 5 nitrogen and oxygen atoms in total. The zero-order valence-corrected chi connectivity index (χ0v) is 18.4. The Kier molecular flexibility index (Phi) is 8.98. The molecule has 2 atom stereocenters. The maximum Gasteiger partial charge on any atom is 0.191 e. The fourth-order valence-electron chi connectivity index (χ4n) is 3.45. The van der Waals surface area contributed by atoms with Crippen LogP contribution in [0, 0.1) is 11.8 Å². The molecule has 0 amide bonds. The van der Waals surface area contributed by atoms with Gasteiger partial charge in [0.1, 0.15) is 12.4 Å². The predicted molar refractivity (Wildman–Crippen MR) is 119 cm³/mol. The van der Waals surface area contributed by atoms with Crippen molar-refractivity contribution in [3.05, 3.63) is 29.8 Å². The van der Waals surface area contributed by atoms with Crippen molar-refractivity contribution in [3.8, 4) is 5.75 Å². The number of guanidine groups is 1.